The lowest BCUT2D eigenvalue weighted by atomic mass is 9.98. The van der Waals surface area contributed by atoms with Crippen molar-refractivity contribution in [1.82, 2.24) is 51.6 Å². The Morgan fingerprint density at radius 2 is 1.34 bits per heavy atom. The van der Waals surface area contributed by atoms with Crippen molar-refractivity contribution in [3.8, 4) is 5.75 Å². The summed E-state index contributed by atoms with van der Waals surface area (Å²) in [5.41, 5.74) is 8.84. The maximum atomic E-state index is 15.2. The second kappa shape index (κ2) is 35.8. The van der Waals surface area contributed by atoms with Crippen LogP contribution >= 0.6 is 11.8 Å². The molecule has 9 atom stereocenters. The van der Waals surface area contributed by atoms with Crippen molar-refractivity contribution in [1.29, 1.82) is 0 Å². The lowest BCUT2D eigenvalue weighted by Gasteiger charge is -2.41. The number of carbonyl (C=O) groups excluding carboxylic acids is 10. The molecule has 8 amide bonds. The van der Waals surface area contributed by atoms with Gasteiger partial charge in [0.2, 0.25) is 47.3 Å². The largest absolute Gasteiger partial charge is 0.508 e. The molecule has 0 aliphatic carbocycles. The number of hydrogen-bond acceptors (Lipinski definition) is 15. The van der Waals surface area contributed by atoms with E-state index in [0.29, 0.717) is 42.4 Å². The normalized spacial score (nSPS) is 15.6. The number of carbonyl (C=O) groups is 11. The van der Waals surface area contributed by atoms with Crippen LogP contribution in [0.3, 0.4) is 0 Å². The molecule has 28 heteroatoms. The Hall–Kier alpha value is -9.15. The number of carboxylic acid groups (broad SMARTS) is 1. The van der Waals surface area contributed by atoms with Gasteiger partial charge in [-0.2, -0.15) is 0 Å². The Kier molecular flexibility index (Phi) is 28.1. The molecule has 0 bridgehead atoms. The molecule has 1 saturated heterocycles. The predicted molar refractivity (Wildman–Crippen MR) is 344 cm³/mol. The predicted octanol–water partition coefficient (Wildman–Crippen LogP) is 2.61. The molecule has 4 aromatic carbocycles. The number of thioether (sulfide) groups is 1. The Bertz CT molecular complexity index is 3450. The van der Waals surface area contributed by atoms with Gasteiger partial charge in [0.25, 0.3) is 0 Å². The maximum Gasteiger partial charge on any atom is 0.305 e. The number of H-pyrrole nitrogens is 1. The molecule has 5 aromatic rings. The molecule has 1 aliphatic heterocycles. The first kappa shape index (κ1) is 73.9. The highest BCUT2D eigenvalue weighted by Crippen LogP contribution is 2.23. The molecule has 0 saturated carbocycles. The van der Waals surface area contributed by atoms with Crippen molar-refractivity contribution in [2.75, 3.05) is 45.2 Å². The minimum atomic E-state index is -1.80. The van der Waals surface area contributed by atoms with Gasteiger partial charge in [-0.05, 0) is 77.8 Å². The number of carboxylic acids is 1. The molecule has 0 unspecified atom stereocenters. The maximum absolute atomic E-state index is 15.2. The van der Waals surface area contributed by atoms with E-state index in [0.717, 1.165) is 38.0 Å². The van der Waals surface area contributed by atoms with Crippen LogP contribution in [0.15, 0.2) is 97.2 Å². The lowest BCUT2D eigenvalue weighted by Crippen LogP contribution is -2.64. The summed E-state index contributed by atoms with van der Waals surface area (Å²) >= 11 is 0.834. The van der Waals surface area contributed by atoms with E-state index < -0.39 is 144 Å². The fourth-order valence-electron chi connectivity index (χ4n) is 10.9. The van der Waals surface area contributed by atoms with E-state index in [4.69, 9.17) is 5.73 Å². The van der Waals surface area contributed by atoms with Gasteiger partial charge in [0.1, 0.15) is 54.6 Å². The number of amides is 8. The number of piperazine rings is 1. The second-order valence-corrected chi connectivity index (χ2v) is 24.6. The van der Waals surface area contributed by atoms with Gasteiger partial charge >= 0.3 is 5.97 Å². The minimum Gasteiger partial charge on any atom is -0.508 e. The molecule has 0 radical (unpaired) electrons. The third-order valence-electron chi connectivity index (χ3n) is 16.0. The Morgan fingerprint density at radius 3 is 1.99 bits per heavy atom. The quantitative estimate of drug-likeness (QED) is 0.0206. The van der Waals surface area contributed by atoms with Crippen LogP contribution in [0.1, 0.15) is 75.1 Å². The standard InChI is InChI=1S/C66H82F3N11O13S/c1-6-7-17-54(66(93)80-23-22-71-33-56(80)63(90)73-43(34-81)31-58(85)86)78(4)65(92)55(29-39-13-9-8-10-14-39)79(5)64(91)53(28-41-25-47(67)59(69)48(68)26-41)75-57(84)37-94-36-44(35-82)74-61(88)51(24-38(2)3)77-62(89)52(27-40-18-20-45(83)21-19-40)76-60(87)49(70)30-42-32-72-50-16-12-11-15-46(42)50/h8-16,18-21,25-26,32,34-35,38,43-44,49,51-56,71-72,83H,6-7,17,22-24,27-31,33,36-37,70H2,1-5H3,(H,73,90)(H,74,88)(H,75,84)(H,76,87)(H,77,89)(H,85,86)/t43-,44+,49-,51-,52-,53-,54-,55-,56+/m0/s1. The molecule has 1 aromatic heterocycles. The number of nitrogens with two attached hydrogens (primary N) is 1. The summed E-state index contributed by atoms with van der Waals surface area (Å²) in [5, 5.41) is 36.1. The van der Waals surface area contributed by atoms with Gasteiger partial charge in [-0.1, -0.05) is 94.3 Å². The van der Waals surface area contributed by atoms with E-state index in [9.17, 15) is 66.5 Å². The number of unbranched alkanes of at least 4 members (excludes halogenated alkanes) is 1. The molecule has 24 nitrogen and oxygen atoms in total. The van der Waals surface area contributed by atoms with Gasteiger partial charge in [0, 0.05) is 75.8 Å². The van der Waals surface area contributed by atoms with Crippen molar-refractivity contribution in [2.24, 2.45) is 11.7 Å². The molecule has 2 heterocycles. The number of hydrogen-bond donors (Lipinski definition) is 10. The highest BCUT2D eigenvalue weighted by molar-refractivity contribution is 8.00. The Balaban J connectivity index is 1.18. The Labute approximate surface area is 546 Å². The first-order valence-corrected chi connectivity index (χ1v) is 32.0. The van der Waals surface area contributed by atoms with Crippen molar-refractivity contribution < 1.29 is 76.1 Å². The molecule has 94 heavy (non-hydrogen) atoms. The van der Waals surface area contributed by atoms with Crippen molar-refractivity contribution in [3.05, 3.63) is 137 Å². The number of phenols is 1. The van der Waals surface area contributed by atoms with Gasteiger partial charge in [0.15, 0.2) is 17.5 Å². The molecular weight excluding hydrogens is 1240 g/mol. The van der Waals surface area contributed by atoms with Crippen LogP contribution in [0.2, 0.25) is 0 Å². The summed E-state index contributed by atoms with van der Waals surface area (Å²) < 4.78 is 43.9. The zero-order valence-corrected chi connectivity index (χ0v) is 53.7. The first-order valence-electron chi connectivity index (χ1n) is 30.8. The highest BCUT2D eigenvalue weighted by Gasteiger charge is 2.42. The number of aldehydes is 2. The van der Waals surface area contributed by atoms with Crippen molar-refractivity contribution >= 4 is 88.5 Å². The van der Waals surface area contributed by atoms with Crippen LogP contribution in [0.25, 0.3) is 10.9 Å². The second-order valence-electron chi connectivity index (χ2n) is 23.6. The van der Waals surface area contributed by atoms with Gasteiger partial charge in [-0.3, -0.25) is 43.2 Å². The van der Waals surface area contributed by atoms with Crippen LogP contribution in [0, 0.1) is 23.4 Å². The SMILES string of the molecule is CCCC[C@@H](C(=O)N1CCNC[C@@H]1C(=O)N[C@H](C=O)CC(=O)O)N(C)C(=O)[C@H](Cc1ccccc1)N(C)C(=O)[C@H](Cc1cc(F)c(F)c(F)c1)NC(=O)CSC[C@@H](C=O)NC(=O)[C@H](CC(C)C)NC(=O)[C@H](Cc1ccc(O)cc1)NC(=O)[C@@H](N)Cc1c[nH]c2ccccc12. The van der Waals surface area contributed by atoms with E-state index in [1.807, 2.05) is 31.2 Å². The number of fused-ring (bicyclic) bond motifs is 1. The van der Waals surface area contributed by atoms with Gasteiger partial charge in [-0.25, -0.2) is 13.2 Å². The van der Waals surface area contributed by atoms with Crippen LogP contribution in [0.5, 0.6) is 5.75 Å². The van der Waals surface area contributed by atoms with E-state index in [-0.39, 0.29) is 81.0 Å². The van der Waals surface area contributed by atoms with Crippen LogP contribution in [-0.4, -0.2) is 195 Å². The Morgan fingerprint density at radius 1 is 0.723 bits per heavy atom. The van der Waals surface area contributed by atoms with Gasteiger partial charge in [0.05, 0.1) is 30.3 Å². The topological polar surface area (TPSA) is 352 Å². The molecule has 1 aliphatic rings. The highest BCUT2D eigenvalue weighted by atomic mass is 32.2. The van der Waals surface area contributed by atoms with Gasteiger partial charge < -0.3 is 77.1 Å². The fourth-order valence-corrected chi connectivity index (χ4v) is 11.7. The molecule has 1 fully saturated rings. The van der Waals surface area contributed by atoms with Gasteiger partial charge in [-0.15, -0.1) is 11.8 Å². The zero-order chi connectivity index (χ0) is 68.8. The number of phenolic OH excluding ortho intramolecular Hbond substituents is 1. The average molecular weight is 1330 g/mol. The van der Waals surface area contributed by atoms with Crippen molar-refractivity contribution in [2.45, 2.75) is 133 Å². The molecular formula is C66H82F3N11O13S. The fraction of sp³-hybridized carbons (Fsp3) is 0.439. The summed E-state index contributed by atoms with van der Waals surface area (Å²) in [6, 6.07) is 11.1. The number of aliphatic carboxylic acids is 1. The minimum absolute atomic E-state index is 0.0230. The number of halogens is 3. The summed E-state index contributed by atoms with van der Waals surface area (Å²) in [7, 11) is 2.60. The summed E-state index contributed by atoms with van der Waals surface area (Å²) in [6.07, 6.45) is 2.04. The van der Waals surface area contributed by atoms with Crippen LogP contribution < -0.4 is 37.6 Å². The van der Waals surface area contributed by atoms with Crippen LogP contribution in [0.4, 0.5) is 13.2 Å². The first-order chi connectivity index (χ1) is 44.8. The molecule has 0 spiro atoms. The third-order valence-corrected chi connectivity index (χ3v) is 17.0. The summed E-state index contributed by atoms with van der Waals surface area (Å²) in [4.78, 5) is 157. The number of nitrogens with zero attached hydrogens (tertiary/aromatic N) is 3. The average Bonchev–Trinajstić information content (AvgIpc) is 0.835. The molecule has 11 N–H and O–H groups in total. The number of aromatic amines is 1. The monoisotopic (exact) mass is 1330 g/mol. The number of para-hydroxylation sites is 1. The van der Waals surface area contributed by atoms with Crippen LogP contribution in [-0.2, 0) is 78.4 Å². The van der Waals surface area contributed by atoms with Crippen molar-refractivity contribution in [3.63, 3.8) is 0 Å². The number of benzene rings is 4. The van der Waals surface area contributed by atoms with E-state index in [1.54, 1.807) is 62.5 Å². The van der Waals surface area contributed by atoms with E-state index >= 15 is 9.59 Å². The number of nitrogens with one attached hydrogen (secondary N) is 7. The summed E-state index contributed by atoms with van der Waals surface area (Å²) in [6.45, 7) is 5.57. The third kappa shape index (κ3) is 21.2. The zero-order valence-electron chi connectivity index (χ0n) is 52.9. The number of aromatic hydroxyl groups is 1. The van der Waals surface area contributed by atoms with E-state index in [2.05, 4.69) is 36.9 Å². The number of rotatable bonds is 35. The smallest absolute Gasteiger partial charge is 0.305 e. The molecule has 506 valence electrons. The molecule has 6 rings (SSSR count). The number of aromatic nitrogens is 1. The number of likely N-dealkylation sites (N-methyl/N-ethyl adjacent to an activating group) is 2. The lowest BCUT2D eigenvalue weighted by molar-refractivity contribution is -0.153. The van der Waals surface area contributed by atoms with E-state index in [1.165, 1.54) is 31.1 Å². The summed E-state index contributed by atoms with van der Waals surface area (Å²) in [5.74, 6) is -13.6.